The lowest BCUT2D eigenvalue weighted by Gasteiger charge is -2.38. The molecule has 5 N–H and O–H groups in total. The Morgan fingerprint density at radius 1 is 1.15 bits per heavy atom. The van der Waals surface area contributed by atoms with Crippen LogP contribution in [-0.2, 0) is 0 Å². The Labute approximate surface area is 118 Å². The molecule has 0 aromatic rings. The van der Waals surface area contributed by atoms with Gasteiger partial charge in [0, 0.05) is 6.54 Å². The van der Waals surface area contributed by atoms with Crippen molar-refractivity contribution < 1.29 is 24.8 Å². The molecule has 1 fully saturated rings. The van der Waals surface area contributed by atoms with Crippen LogP contribution in [0.25, 0.3) is 0 Å². The van der Waals surface area contributed by atoms with Crippen molar-refractivity contribution >= 4 is 0 Å². The summed E-state index contributed by atoms with van der Waals surface area (Å²) >= 11 is 0. The van der Waals surface area contributed by atoms with Crippen LogP contribution in [0.4, 0.5) is 4.39 Å². The lowest BCUT2D eigenvalue weighted by molar-refractivity contribution is -0.0674. The highest BCUT2D eigenvalue weighted by Crippen LogP contribution is 2.28. The topological polar surface area (TPSA) is 93.0 Å². The van der Waals surface area contributed by atoms with E-state index in [1.54, 1.807) is 0 Å². The number of halogens is 1. The van der Waals surface area contributed by atoms with Gasteiger partial charge in [-0.2, -0.15) is 0 Å². The average molecular weight is 289 g/mol. The molecule has 0 heterocycles. The van der Waals surface area contributed by atoms with Crippen molar-refractivity contribution in [2.45, 2.75) is 62.1 Å². The van der Waals surface area contributed by atoms with Gasteiger partial charge in [0.1, 0.15) is 25.0 Å². The second kappa shape index (κ2) is 6.49. The largest absolute Gasteiger partial charge is 0.389 e. The third kappa shape index (κ3) is 3.38. The molecule has 2 aliphatic rings. The highest BCUT2D eigenvalue weighted by Gasteiger charge is 2.38. The first-order chi connectivity index (χ1) is 9.47. The predicted octanol–water partition coefficient (Wildman–Crippen LogP) is -0.368. The Kier molecular flexibility index (Phi) is 5.14. The summed E-state index contributed by atoms with van der Waals surface area (Å²) in [4.78, 5) is 0. The van der Waals surface area contributed by atoms with Gasteiger partial charge in [-0.05, 0) is 18.4 Å². The third-order valence-electron chi connectivity index (χ3n) is 4.42. The first kappa shape index (κ1) is 15.9. The summed E-state index contributed by atoms with van der Waals surface area (Å²) in [6.45, 7) is -0.582. The highest BCUT2D eigenvalue weighted by molar-refractivity contribution is 5.21. The van der Waals surface area contributed by atoms with E-state index in [9.17, 15) is 24.8 Å². The normalized spacial score (nSPS) is 37.5. The number of rotatable bonds is 4. The summed E-state index contributed by atoms with van der Waals surface area (Å²) in [5, 5.41) is 42.6. The summed E-state index contributed by atoms with van der Waals surface area (Å²) in [6, 6.07) is -0.662. The molecule has 0 unspecified atom stereocenters. The smallest absolute Gasteiger partial charge is 0.113 e. The van der Waals surface area contributed by atoms with Crippen molar-refractivity contribution in [3.05, 3.63) is 11.6 Å². The number of nitrogens with one attached hydrogen (secondary N) is 1. The molecule has 20 heavy (non-hydrogen) atoms. The van der Waals surface area contributed by atoms with Crippen LogP contribution in [0.5, 0.6) is 0 Å². The second-order valence-electron chi connectivity index (χ2n) is 5.99. The van der Waals surface area contributed by atoms with Crippen LogP contribution in [-0.4, -0.2) is 63.6 Å². The fraction of sp³-hybridized carbons (Fsp3) is 0.857. The van der Waals surface area contributed by atoms with Gasteiger partial charge in [0.25, 0.3) is 0 Å². The van der Waals surface area contributed by atoms with Gasteiger partial charge in [-0.1, -0.05) is 25.3 Å². The first-order valence-corrected chi connectivity index (χ1v) is 7.23. The molecule has 2 rings (SSSR count). The highest BCUT2D eigenvalue weighted by atomic mass is 19.1. The van der Waals surface area contributed by atoms with Crippen LogP contribution in [0.1, 0.15) is 32.1 Å². The minimum absolute atomic E-state index is 0.0657. The molecule has 4 atom stereocenters. The molecule has 6 heteroatoms. The molecule has 0 saturated heterocycles. The van der Waals surface area contributed by atoms with Crippen LogP contribution in [0.3, 0.4) is 0 Å². The Hall–Kier alpha value is -0.530. The molecule has 116 valence electrons. The molecule has 0 bridgehead atoms. The maximum Gasteiger partial charge on any atom is 0.113 e. The zero-order valence-corrected chi connectivity index (χ0v) is 11.5. The Bertz CT molecular complexity index is 357. The summed E-state index contributed by atoms with van der Waals surface area (Å²) in [5.74, 6) is 0. The molecule has 0 aromatic heterocycles. The molecule has 0 amide bonds. The summed E-state index contributed by atoms with van der Waals surface area (Å²) in [5.41, 5.74) is -0.737. The number of aliphatic hydroxyl groups excluding tert-OH is 3. The molecule has 2 aliphatic carbocycles. The van der Waals surface area contributed by atoms with E-state index in [-0.39, 0.29) is 12.1 Å². The lowest BCUT2D eigenvalue weighted by Crippen LogP contribution is -2.56. The molecule has 0 spiro atoms. The van der Waals surface area contributed by atoms with Crippen molar-refractivity contribution in [2.75, 3.05) is 13.2 Å². The van der Waals surface area contributed by atoms with E-state index in [1.807, 2.05) is 0 Å². The number of hydrogen-bond acceptors (Lipinski definition) is 5. The lowest BCUT2D eigenvalue weighted by atomic mass is 9.83. The Morgan fingerprint density at radius 3 is 2.40 bits per heavy atom. The second-order valence-corrected chi connectivity index (χ2v) is 5.99. The van der Waals surface area contributed by atoms with Gasteiger partial charge in [0.2, 0.25) is 0 Å². The van der Waals surface area contributed by atoms with Crippen molar-refractivity contribution in [2.24, 2.45) is 0 Å². The van der Waals surface area contributed by atoms with E-state index in [1.165, 1.54) is 6.08 Å². The van der Waals surface area contributed by atoms with Crippen molar-refractivity contribution in [3.8, 4) is 0 Å². The minimum atomic E-state index is -1.41. The van der Waals surface area contributed by atoms with Gasteiger partial charge >= 0.3 is 0 Å². The fourth-order valence-corrected chi connectivity index (χ4v) is 3.04. The number of hydrogen-bond donors (Lipinski definition) is 5. The zero-order valence-electron chi connectivity index (χ0n) is 11.5. The summed E-state index contributed by atoms with van der Waals surface area (Å²) < 4.78 is 12.8. The van der Waals surface area contributed by atoms with E-state index in [2.05, 4.69) is 5.32 Å². The molecular weight excluding hydrogens is 265 g/mol. The summed E-state index contributed by atoms with van der Waals surface area (Å²) in [7, 11) is 0. The monoisotopic (exact) mass is 289 g/mol. The first-order valence-electron chi connectivity index (χ1n) is 7.23. The van der Waals surface area contributed by atoms with E-state index >= 15 is 0 Å². The van der Waals surface area contributed by atoms with Crippen molar-refractivity contribution in [1.29, 1.82) is 0 Å². The van der Waals surface area contributed by atoms with Crippen LogP contribution in [0.15, 0.2) is 11.6 Å². The zero-order chi connectivity index (χ0) is 14.8. The van der Waals surface area contributed by atoms with E-state index in [0.717, 1.165) is 19.3 Å². The Balaban J connectivity index is 1.98. The van der Waals surface area contributed by atoms with E-state index in [4.69, 9.17) is 0 Å². The minimum Gasteiger partial charge on any atom is -0.389 e. The molecule has 0 aromatic carbocycles. The van der Waals surface area contributed by atoms with Gasteiger partial charge < -0.3 is 25.7 Å². The van der Waals surface area contributed by atoms with Crippen molar-refractivity contribution in [3.63, 3.8) is 0 Å². The van der Waals surface area contributed by atoms with Gasteiger partial charge in [0.05, 0.1) is 11.6 Å². The molecule has 0 aliphatic heterocycles. The standard InChI is InChI=1S/C14H24FNO4/c15-7-9-6-10(12(18)13(19)11(9)17)16-8-14(20)4-2-1-3-5-14/h6,10-13,16-20H,1-5,7-8H2/t10-,11+,12+,13+/m1/s1. The summed E-state index contributed by atoms with van der Waals surface area (Å²) in [6.07, 6.45) is 1.87. The van der Waals surface area contributed by atoms with Gasteiger partial charge in [0.15, 0.2) is 0 Å². The van der Waals surface area contributed by atoms with Gasteiger partial charge in [-0.15, -0.1) is 0 Å². The number of alkyl halides is 1. The van der Waals surface area contributed by atoms with Crippen LogP contribution < -0.4 is 5.32 Å². The van der Waals surface area contributed by atoms with Gasteiger partial charge in [-0.25, -0.2) is 4.39 Å². The SMILES string of the molecule is O[C@@H]1[C@@H](O)[C@@H](O)C(CF)=C[C@H]1NCC1(O)CCCCC1. The predicted molar refractivity (Wildman–Crippen MR) is 71.9 cm³/mol. The molecule has 1 saturated carbocycles. The van der Waals surface area contributed by atoms with Gasteiger partial charge in [-0.3, -0.25) is 0 Å². The molecule has 0 radical (unpaired) electrons. The third-order valence-corrected chi connectivity index (χ3v) is 4.42. The number of aliphatic hydroxyl groups is 4. The fourth-order valence-electron chi connectivity index (χ4n) is 3.04. The molecule has 5 nitrogen and oxygen atoms in total. The van der Waals surface area contributed by atoms with Crippen LogP contribution in [0, 0.1) is 0 Å². The Morgan fingerprint density at radius 2 is 1.80 bits per heavy atom. The quantitative estimate of drug-likeness (QED) is 0.456. The maximum absolute atomic E-state index is 12.8. The van der Waals surface area contributed by atoms with E-state index < -0.39 is 36.6 Å². The maximum atomic E-state index is 12.8. The van der Waals surface area contributed by atoms with E-state index in [0.29, 0.717) is 12.8 Å². The van der Waals surface area contributed by atoms with Crippen molar-refractivity contribution in [1.82, 2.24) is 5.32 Å². The average Bonchev–Trinajstić information content (AvgIpc) is 2.45. The van der Waals surface area contributed by atoms with Crippen LogP contribution in [0.2, 0.25) is 0 Å². The molecular formula is C14H24FNO4. The van der Waals surface area contributed by atoms with Crippen LogP contribution >= 0.6 is 0 Å².